The maximum atomic E-state index is 4.75. The SMILES string of the molecule is CC.CCc1cccc(CC(C)C)c1.COC(C)C. The molecule has 112 valence electrons. The lowest BCUT2D eigenvalue weighted by Gasteiger charge is -2.05. The van der Waals surface area contributed by atoms with Gasteiger partial charge in [-0.2, -0.15) is 0 Å². The average Bonchev–Trinajstić information content (AvgIpc) is 2.41. The summed E-state index contributed by atoms with van der Waals surface area (Å²) in [5.41, 5.74) is 2.93. The number of ether oxygens (including phenoxy) is 1. The van der Waals surface area contributed by atoms with Crippen molar-refractivity contribution >= 4 is 0 Å². The summed E-state index contributed by atoms with van der Waals surface area (Å²) in [7, 11) is 1.70. The molecule has 0 fully saturated rings. The van der Waals surface area contributed by atoms with Gasteiger partial charge in [0.1, 0.15) is 0 Å². The summed E-state index contributed by atoms with van der Waals surface area (Å²) in [5, 5.41) is 0. The largest absolute Gasteiger partial charge is 0.382 e. The van der Waals surface area contributed by atoms with E-state index in [0.717, 1.165) is 12.3 Å². The van der Waals surface area contributed by atoms with Crippen LogP contribution in [0.4, 0.5) is 0 Å². The fraction of sp³-hybridized carbons (Fsp3) is 0.667. The van der Waals surface area contributed by atoms with Crippen LogP contribution in [0.2, 0.25) is 0 Å². The van der Waals surface area contributed by atoms with Crippen LogP contribution in [0, 0.1) is 5.92 Å². The minimum absolute atomic E-state index is 0.384. The third kappa shape index (κ3) is 13.4. The molecule has 0 saturated heterocycles. The summed E-state index contributed by atoms with van der Waals surface area (Å²) in [6.45, 7) is 14.7. The topological polar surface area (TPSA) is 9.23 Å². The van der Waals surface area contributed by atoms with E-state index in [1.54, 1.807) is 7.11 Å². The van der Waals surface area contributed by atoms with Gasteiger partial charge < -0.3 is 4.74 Å². The molecule has 1 aromatic rings. The first-order valence-corrected chi connectivity index (χ1v) is 7.60. The average molecular weight is 266 g/mol. The van der Waals surface area contributed by atoms with Crippen LogP contribution >= 0.6 is 0 Å². The molecule has 0 radical (unpaired) electrons. The molecule has 0 N–H and O–H groups in total. The molecule has 0 spiro atoms. The Hall–Kier alpha value is -0.820. The summed E-state index contributed by atoms with van der Waals surface area (Å²) >= 11 is 0. The second-order valence-corrected chi connectivity index (χ2v) is 5.06. The quantitative estimate of drug-likeness (QED) is 0.697. The fourth-order valence-electron chi connectivity index (χ4n) is 1.45. The van der Waals surface area contributed by atoms with Crippen molar-refractivity contribution in [3.63, 3.8) is 0 Å². The Morgan fingerprint density at radius 2 is 1.47 bits per heavy atom. The first kappa shape index (κ1) is 20.5. The first-order chi connectivity index (χ1) is 8.99. The van der Waals surface area contributed by atoms with Crippen LogP contribution in [-0.2, 0) is 17.6 Å². The number of hydrogen-bond donors (Lipinski definition) is 0. The summed E-state index contributed by atoms with van der Waals surface area (Å²) in [4.78, 5) is 0. The van der Waals surface area contributed by atoms with Gasteiger partial charge in [-0.15, -0.1) is 0 Å². The van der Waals surface area contributed by atoms with E-state index in [4.69, 9.17) is 4.74 Å². The van der Waals surface area contributed by atoms with Crippen molar-refractivity contribution < 1.29 is 4.74 Å². The summed E-state index contributed by atoms with van der Waals surface area (Å²) in [6, 6.07) is 8.90. The van der Waals surface area contributed by atoms with Gasteiger partial charge in [-0.25, -0.2) is 0 Å². The van der Waals surface area contributed by atoms with Gasteiger partial charge in [-0.05, 0) is 43.7 Å². The van der Waals surface area contributed by atoms with Gasteiger partial charge >= 0.3 is 0 Å². The van der Waals surface area contributed by atoms with E-state index in [1.807, 2.05) is 27.7 Å². The van der Waals surface area contributed by atoms with Crippen LogP contribution in [0.15, 0.2) is 24.3 Å². The highest BCUT2D eigenvalue weighted by molar-refractivity contribution is 5.23. The van der Waals surface area contributed by atoms with Gasteiger partial charge in [0.05, 0.1) is 6.10 Å². The van der Waals surface area contributed by atoms with Crippen molar-refractivity contribution in [1.29, 1.82) is 0 Å². The minimum Gasteiger partial charge on any atom is -0.382 e. The third-order valence-electron chi connectivity index (χ3n) is 2.51. The molecule has 1 nitrogen and oxygen atoms in total. The molecule has 0 atom stereocenters. The van der Waals surface area contributed by atoms with Crippen LogP contribution < -0.4 is 0 Å². The number of rotatable bonds is 4. The molecule has 0 aliphatic rings. The van der Waals surface area contributed by atoms with Gasteiger partial charge in [0.2, 0.25) is 0 Å². The molecule has 0 heterocycles. The fourth-order valence-corrected chi connectivity index (χ4v) is 1.45. The van der Waals surface area contributed by atoms with Crippen LogP contribution in [0.25, 0.3) is 0 Å². The van der Waals surface area contributed by atoms with Crippen LogP contribution in [-0.4, -0.2) is 13.2 Å². The standard InChI is InChI=1S/C12H18.C4H10O.C2H6/c1-4-11-6-5-7-12(9-11)8-10(2)3;1-4(2)5-3;1-2/h5-7,9-10H,4,8H2,1-3H3;4H,1-3H3;1-2H3. The molecular weight excluding hydrogens is 232 g/mol. The number of benzene rings is 1. The van der Waals surface area contributed by atoms with Crippen LogP contribution in [0.5, 0.6) is 0 Å². The monoisotopic (exact) mass is 266 g/mol. The Morgan fingerprint density at radius 3 is 1.84 bits per heavy atom. The molecule has 0 bridgehead atoms. The van der Waals surface area contributed by atoms with Crippen molar-refractivity contribution in [2.75, 3.05) is 7.11 Å². The van der Waals surface area contributed by atoms with Gasteiger partial charge in [0.15, 0.2) is 0 Å². The smallest absolute Gasteiger partial charge is 0.0515 e. The molecule has 1 rings (SSSR count). The third-order valence-corrected chi connectivity index (χ3v) is 2.51. The number of hydrogen-bond acceptors (Lipinski definition) is 1. The molecule has 19 heavy (non-hydrogen) atoms. The lowest BCUT2D eigenvalue weighted by molar-refractivity contribution is 0.134. The van der Waals surface area contributed by atoms with Crippen molar-refractivity contribution in [3.05, 3.63) is 35.4 Å². The van der Waals surface area contributed by atoms with Gasteiger partial charge in [0, 0.05) is 7.11 Å². The lowest BCUT2D eigenvalue weighted by atomic mass is 10.0. The molecule has 0 saturated carbocycles. The van der Waals surface area contributed by atoms with Crippen molar-refractivity contribution in [1.82, 2.24) is 0 Å². The molecule has 1 aromatic carbocycles. The van der Waals surface area contributed by atoms with Gasteiger partial charge in [-0.1, -0.05) is 58.9 Å². The zero-order valence-corrected chi connectivity index (χ0v) is 14.3. The summed E-state index contributed by atoms with van der Waals surface area (Å²) in [5.74, 6) is 0.761. The van der Waals surface area contributed by atoms with E-state index in [0.29, 0.717) is 6.10 Å². The van der Waals surface area contributed by atoms with E-state index in [2.05, 4.69) is 45.0 Å². The van der Waals surface area contributed by atoms with E-state index in [-0.39, 0.29) is 0 Å². The predicted octanol–water partition coefficient (Wildman–Crippen LogP) is 5.51. The summed E-state index contributed by atoms with van der Waals surface area (Å²) in [6.07, 6.45) is 2.73. The Kier molecular flexibility index (Phi) is 14.7. The number of methoxy groups -OCH3 is 1. The van der Waals surface area contributed by atoms with Gasteiger partial charge in [-0.3, -0.25) is 0 Å². The Morgan fingerprint density at radius 1 is 1.00 bits per heavy atom. The van der Waals surface area contributed by atoms with Crippen molar-refractivity contribution in [2.45, 2.75) is 67.4 Å². The molecule has 0 aromatic heterocycles. The Bertz CT molecular complexity index is 289. The van der Waals surface area contributed by atoms with E-state index < -0.39 is 0 Å². The highest BCUT2D eigenvalue weighted by Crippen LogP contribution is 2.10. The number of aryl methyl sites for hydroxylation is 1. The second-order valence-electron chi connectivity index (χ2n) is 5.06. The zero-order valence-electron chi connectivity index (χ0n) is 14.3. The van der Waals surface area contributed by atoms with Crippen LogP contribution in [0.3, 0.4) is 0 Å². The van der Waals surface area contributed by atoms with Crippen molar-refractivity contribution in [2.24, 2.45) is 5.92 Å². The Balaban J connectivity index is 0. The lowest BCUT2D eigenvalue weighted by Crippen LogP contribution is -1.94. The van der Waals surface area contributed by atoms with E-state index in [1.165, 1.54) is 17.5 Å². The summed E-state index contributed by atoms with van der Waals surface area (Å²) < 4.78 is 4.75. The highest BCUT2D eigenvalue weighted by atomic mass is 16.5. The molecular formula is C18H34O. The minimum atomic E-state index is 0.384. The second kappa shape index (κ2) is 13.6. The molecule has 0 unspecified atom stereocenters. The van der Waals surface area contributed by atoms with E-state index >= 15 is 0 Å². The zero-order chi connectivity index (χ0) is 15.3. The normalized spacial score (nSPS) is 9.58. The Labute approximate surface area is 121 Å². The highest BCUT2D eigenvalue weighted by Gasteiger charge is 1.97. The van der Waals surface area contributed by atoms with Crippen molar-refractivity contribution in [3.8, 4) is 0 Å². The molecule has 1 heteroatoms. The predicted molar refractivity (Wildman–Crippen MR) is 87.9 cm³/mol. The maximum Gasteiger partial charge on any atom is 0.0515 e. The first-order valence-electron chi connectivity index (χ1n) is 7.60. The molecule has 0 amide bonds. The maximum absolute atomic E-state index is 4.75. The van der Waals surface area contributed by atoms with Gasteiger partial charge in [0.25, 0.3) is 0 Å². The molecule has 0 aliphatic heterocycles. The van der Waals surface area contributed by atoms with Crippen LogP contribution in [0.1, 0.15) is 59.6 Å². The molecule has 0 aliphatic carbocycles. The van der Waals surface area contributed by atoms with E-state index in [9.17, 15) is 0 Å².